The van der Waals surface area contributed by atoms with Crippen LogP contribution < -0.4 is 10.1 Å². The molecule has 0 aromatic carbocycles. The summed E-state index contributed by atoms with van der Waals surface area (Å²) in [5.41, 5.74) is 1.05. The third kappa shape index (κ3) is 3.87. The topological polar surface area (TPSA) is 72.8 Å². The quantitative estimate of drug-likeness (QED) is 0.851. The number of rotatable bonds is 6. The summed E-state index contributed by atoms with van der Waals surface area (Å²) in [5.74, 6) is 1.21. The van der Waals surface area contributed by atoms with Crippen LogP contribution in [0.4, 0.5) is 5.95 Å². The van der Waals surface area contributed by atoms with Gasteiger partial charge in [0.15, 0.2) is 0 Å². The summed E-state index contributed by atoms with van der Waals surface area (Å²) in [6.07, 6.45) is 4.15. The molecule has 1 N–H and O–H groups in total. The van der Waals surface area contributed by atoms with Gasteiger partial charge in [-0.1, -0.05) is 6.07 Å². The Labute approximate surface area is 112 Å². The van der Waals surface area contributed by atoms with E-state index in [9.17, 15) is 0 Å². The molecule has 2 rings (SSSR count). The zero-order chi connectivity index (χ0) is 13.5. The third-order valence-corrected chi connectivity index (χ3v) is 2.35. The highest BCUT2D eigenvalue weighted by atomic mass is 16.5. The second-order valence-corrected chi connectivity index (χ2v) is 3.86. The summed E-state index contributed by atoms with van der Waals surface area (Å²) in [6.45, 7) is 5.17. The van der Waals surface area contributed by atoms with Crippen LogP contribution in [0.1, 0.15) is 25.2 Å². The molecule has 2 aromatic rings. The summed E-state index contributed by atoms with van der Waals surface area (Å²) < 4.78 is 5.35. The molecule has 0 spiro atoms. The van der Waals surface area contributed by atoms with Gasteiger partial charge >= 0.3 is 6.01 Å². The predicted molar refractivity (Wildman–Crippen MR) is 72.2 cm³/mol. The Balaban J connectivity index is 2.23. The highest BCUT2D eigenvalue weighted by molar-refractivity contribution is 5.27. The lowest BCUT2D eigenvalue weighted by Gasteiger charge is -2.07. The lowest BCUT2D eigenvalue weighted by atomic mass is 10.2. The SMILES string of the molecule is CCNc1nc(Cc2cccnc2)nc(OCC)n1. The second-order valence-electron chi connectivity index (χ2n) is 3.86. The Morgan fingerprint density at radius 2 is 2.11 bits per heavy atom. The molecule has 19 heavy (non-hydrogen) atoms. The van der Waals surface area contributed by atoms with Crippen LogP contribution in [0.3, 0.4) is 0 Å². The molecule has 0 bridgehead atoms. The Kier molecular flexibility index (Phi) is 4.60. The van der Waals surface area contributed by atoms with Gasteiger partial charge in [-0.05, 0) is 25.5 Å². The number of hydrogen-bond donors (Lipinski definition) is 1. The molecule has 0 unspecified atom stereocenters. The average Bonchev–Trinajstić information content (AvgIpc) is 2.40. The maximum Gasteiger partial charge on any atom is 0.321 e. The minimum Gasteiger partial charge on any atom is -0.464 e. The Morgan fingerprint density at radius 3 is 2.79 bits per heavy atom. The Bertz CT molecular complexity index is 493. The van der Waals surface area contributed by atoms with Crippen molar-refractivity contribution in [2.45, 2.75) is 20.3 Å². The van der Waals surface area contributed by atoms with Gasteiger partial charge in [-0.2, -0.15) is 15.0 Å². The van der Waals surface area contributed by atoms with Crippen molar-refractivity contribution in [1.82, 2.24) is 19.9 Å². The fourth-order valence-corrected chi connectivity index (χ4v) is 1.59. The maximum atomic E-state index is 5.35. The van der Waals surface area contributed by atoms with Crippen molar-refractivity contribution in [2.24, 2.45) is 0 Å². The molecular weight excluding hydrogens is 242 g/mol. The lowest BCUT2D eigenvalue weighted by molar-refractivity contribution is 0.310. The van der Waals surface area contributed by atoms with Crippen molar-refractivity contribution in [3.63, 3.8) is 0 Å². The van der Waals surface area contributed by atoms with E-state index in [4.69, 9.17) is 4.74 Å². The highest BCUT2D eigenvalue weighted by Gasteiger charge is 2.07. The van der Waals surface area contributed by atoms with Gasteiger partial charge in [0.2, 0.25) is 5.95 Å². The number of pyridine rings is 1. The summed E-state index contributed by atoms with van der Waals surface area (Å²) >= 11 is 0. The zero-order valence-corrected chi connectivity index (χ0v) is 11.1. The van der Waals surface area contributed by atoms with Crippen LogP contribution in [0.2, 0.25) is 0 Å². The van der Waals surface area contributed by atoms with Crippen LogP contribution in [0.5, 0.6) is 6.01 Å². The molecule has 0 aliphatic rings. The number of aromatic nitrogens is 4. The van der Waals surface area contributed by atoms with Crippen LogP contribution in [-0.2, 0) is 6.42 Å². The van der Waals surface area contributed by atoms with Gasteiger partial charge in [-0.25, -0.2) is 0 Å². The molecule has 0 saturated carbocycles. The summed E-state index contributed by atoms with van der Waals surface area (Å²) in [5, 5.41) is 3.07. The summed E-state index contributed by atoms with van der Waals surface area (Å²) in [7, 11) is 0. The van der Waals surface area contributed by atoms with E-state index < -0.39 is 0 Å². The zero-order valence-electron chi connectivity index (χ0n) is 11.1. The fourth-order valence-electron chi connectivity index (χ4n) is 1.59. The van der Waals surface area contributed by atoms with Gasteiger partial charge in [0, 0.05) is 25.4 Å². The molecule has 0 fully saturated rings. The monoisotopic (exact) mass is 259 g/mol. The van der Waals surface area contributed by atoms with E-state index in [-0.39, 0.29) is 0 Å². The van der Waals surface area contributed by atoms with Gasteiger partial charge in [-0.3, -0.25) is 4.98 Å². The largest absolute Gasteiger partial charge is 0.464 e. The second kappa shape index (κ2) is 6.63. The van der Waals surface area contributed by atoms with Crippen LogP contribution in [-0.4, -0.2) is 33.1 Å². The number of hydrogen-bond acceptors (Lipinski definition) is 6. The van der Waals surface area contributed by atoms with Crippen molar-refractivity contribution < 1.29 is 4.74 Å². The molecule has 2 heterocycles. The van der Waals surface area contributed by atoms with Crippen molar-refractivity contribution >= 4 is 5.95 Å². The number of anilines is 1. The smallest absolute Gasteiger partial charge is 0.321 e. The van der Waals surface area contributed by atoms with Crippen molar-refractivity contribution in [1.29, 1.82) is 0 Å². The first-order valence-corrected chi connectivity index (χ1v) is 6.32. The van der Waals surface area contributed by atoms with Gasteiger partial charge in [-0.15, -0.1) is 0 Å². The van der Waals surface area contributed by atoms with Gasteiger partial charge in [0.25, 0.3) is 0 Å². The molecule has 2 aromatic heterocycles. The molecule has 0 atom stereocenters. The first-order valence-electron chi connectivity index (χ1n) is 6.32. The summed E-state index contributed by atoms with van der Waals surface area (Å²) in [4.78, 5) is 16.9. The molecule has 0 amide bonds. The summed E-state index contributed by atoms with van der Waals surface area (Å²) in [6, 6.07) is 4.24. The average molecular weight is 259 g/mol. The molecule has 0 aliphatic carbocycles. The Hall–Kier alpha value is -2.24. The first kappa shape index (κ1) is 13.2. The van der Waals surface area contributed by atoms with E-state index in [1.54, 1.807) is 12.4 Å². The lowest BCUT2D eigenvalue weighted by Crippen LogP contribution is -2.09. The van der Waals surface area contributed by atoms with Crippen LogP contribution in [0.25, 0.3) is 0 Å². The van der Waals surface area contributed by atoms with E-state index in [0.29, 0.717) is 30.8 Å². The molecule has 6 heteroatoms. The predicted octanol–water partition coefficient (Wildman–Crippen LogP) is 1.69. The minimum absolute atomic E-state index is 0.354. The van der Waals surface area contributed by atoms with Gasteiger partial charge in [0.05, 0.1) is 6.61 Å². The normalized spacial score (nSPS) is 10.2. The maximum absolute atomic E-state index is 5.35. The highest BCUT2D eigenvalue weighted by Crippen LogP contribution is 2.11. The van der Waals surface area contributed by atoms with Crippen LogP contribution in [0.15, 0.2) is 24.5 Å². The molecule has 0 saturated heterocycles. The number of nitrogens with zero attached hydrogens (tertiary/aromatic N) is 4. The van der Waals surface area contributed by atoms with E-state index in [2.05, 4.69) is 25.3 Å². The Morgan fingerprint density at radius 1 is 1.21 bits per heavy atom. The van der Waals surface area contributed by atoms with Crippen molar-refractivity contribution in [3.8, 4) is 6.01 Å². The molecule has 0 aliphatic heterocycles. The van der Waals surface area contributed by atoms with Gasteiger partial charge < -0.3 is 10.1 Å². The van der Waals surface area contributed by atoms with Crippen molar-refractivity contribution in [2.75, 3.05) is 18.5 Å². The molecular formula is C13H17N5O. The minimum atomic E-state index is 0.354. The van der Waals surface area contributed by atoms with E-state index in [0.717, 1.165) is 12.1 Å². The molecule has 6 nitrogen and oxygen atoms in total. The first-order chi connectivity index (χ1) is 9.31. The third-order valence-electron chi connectivity index (χ3n) is 2.35. The van der Waals surface area contributed by atoms with E-state index in [1.165, 1.54) is 0 Å². The molecule has 100 valence electrons. The molecule has 0 radical (unpaired) electrons. The fraction of sp³-hybridized carbons (Fsp3) is 0.385. The van der Waals surface area contributed by atoms with E-state index in [1.807, 2.05) is 26.0 Å². The number of ether oxygens (including phenoxy) is 1. The number of nitrogens with one attached hydrogen (secondary N) is 1. The van der Waals surface area contributed by atoms with Gasteiger partial charge in [0.1, 0.15) is 5.82 Å². The van der Waals surface area contributed by atoms with Crippen LogP contribution >= 0.6 is 0 Å². The van der Waals surface area contributed by atoms with E-state index >= 15 is 0 Å². The standard InChI is InChI=1S/C13H17N5O/c1-3-15-12-16-11(17-13(18-12)19-4-2)8-10-6-5-7-14-9-10/h5-7,9H,3-4,8H2,1-2H3,(H,15,16,17,18). The van der Waals surface area contributed by atoms with Crippen molar-refractivity contribution in [3.05, 3.63) is 35.9 Å². The van der Waals surface area contributed by atoms with Crippen LogP contribution in [0, 0.1) is 0 Å².